The molecule has 0 saturated carbocycles. The monoisotopic (exact) mass is 769 g/mol. The number of carbonyl (C=O) groups is 4. The number of hydrogen-bond acceptors (Lipinski definition) is 7. The number of nitrogens with zero attached hydrogens (tertiary/aromatic N) is 4. The van der Waals surface area contributed by atoms with Crippen LogP contribution in [0.4, 0.5) is 10.5 Å². The van der Waals surface area contributed by atoms with Gasteiger partial charge in [-0.05, 0) is 76.3 Å². The van der Waals surface area contributed by atoms with Crippen molar-refractivity contribution in [2.75, 3.05) is 18.6 Å². The highest BCUT2D eigenvalue weighted by molar-refractivity contribution is 5.99. The zero-order chi connectivity index (χ0) is 40.7. The molecule has 0 unspecified atom stereocenters. The van der Waals surface area contributed by atoms with Crippen molar-refractivity contribution >= 4 is 29.6 Å². The molecule has 0 aliphatic carbocycles. The number of aromatic nitrogens is 2. The first-order valence-electron chi connectivity index (χ1n) is 19.3. The van der Waals surface area contributed by atoms with Gasteiger partial charge in [0.15, 0.2) is 0 Å². The lowest BCUT2D eigenvalue weighted by atomic mass is 9.77. The maximum Gasteiger partial charge on any atom is 0.415 e. The number of imidazole rings is 1. The molecule has 1 aliphatic heterocycles. The Morgan fingerprint density at radius 1 is 0.842 bits per heavy atom. The molecule has 2 heterocycles. The highest BCUT2D eigenvalue weighted by Gasteiger charge is 2.42. The van der Waals surface area contributed by atoms with Gasteiger partial charge >= 0.3 is 12.1 Å². The maximum absolute atomic E-state index is 14.6. The topological polar surface area (TPSA) is 123 Å². The highest BCUT2D eigenvalue weighted by atomic mass is 16.6. The molecule has 0 spiro atoms. The second-order valence-corrected chi connectivity index (χ2v) is 15.4. The Labute approximate surface area is 334 Å². The maximum atomic E-state index is 14.6. The predicted molar refractivity (Wildman–Crippen MR) is 219 cm³/mol. The molecule has 3 atom stereocenters. The van der Waals surface area contributed by atoms with Gasteiger partial charge in [0.2, 0.25) is 11.8 Å². The van der Waals surface area contributed by atoms with Crippen LogP contribution in [0.25, 0.3) is 0 Å². The van der Waals surface area contributed by atoms with Crippen molar-refractivity contribution in [3.8, 4) is 0 Å². The van der Waals surface area contributed by atoms with Crippen LogP contribution in [0.5, 0.6) is 0 Å². The summed E-state index contributed by atoms with van der Waals surface area (Å²) in [4.78, 5) is 63.1. The fourth-order valence-corrected chi connectivity index (χ4v) is 7.57. The van der Waals surface area contributed by atoms with Crippen molar-refractivity contribution in [3.05, 3.63) is 156 Å². The van der Waals surface area contributed by atoms with Crippen LogP contribution >= 0.6 is 0 Å². The number of amides is 3. The van der Waals surface area contributed by atoms with Crippen molar-refractivity contribution < 1.29 is 28.7 Å². The molecule has 57 heavy (non-hydrogen) atoms. The SMILES string of the molecule is COC(=O)[C@@H]1CCCN1C(=O)[C@H](Cc1cn(C(c2ccccc2)(c2ccccc2)c2ccccc2)cn1)NC(=O)[C@H](C)N(C(=O)OC(C)(C)C)c1ccc(C)cc1. The summed E-state index contributed by atoms with van der Waals surface area (Å²) in [5.41, 5.74) is 3.28. The number of benzene rings is 4. The fourth-order valence-electron chi connectivity index (χ4n) is 7.57. The number of nitrogens with one attached hydrogen (secondary N) is 1. The number of anilines is 1. The van der Waals surface area contributed by atoms with Gasteiger partial charge in [-0.15, -0.1) is 0 Å². The van der Waals surface area contributed by atoms with Crippen LogP contribution in [0.1, 0.15) is 68.5 Å². The van der Waals surface area contributed by atoms with Gasteiger partial charge in [-0.2, -0.15) is 0 Å². The highest BCUT2D eigenvalue weighted by Crippen LogP contribution is 2.41. The Kier molecular flexibility index (Phi) is 12.3. The Hall–Kier alpha value is -6.23. The molecule has 11 nitrogen and oxygen atoms in total. The molecule has 1 aliphatic rings. The fraction of sp³-hybridized carbons (Fsp3) is 0.326. The standard InChI is InChI=1S/C46H51N5O6/c1-32-24-26-38(27-25-32)51(44(55)57-45(3,4)5)33(2)41(52)48-39(42(53)50-28-16-23-40(50)43(54)56-6)29-37-30-49(31-47-37)46(34-17-10-7-11-18-34,35-19-12-8-13-20-35)36-21-14-9-15-22-36/h7-15,17-22,24-27,30-31,33,39-40H,16,23,28-29H2,1-6H3,(H,48,52)/t33-,39-,40-/m0/s1. The first kappa shape index (κ1) is 40.4. The van der Waals surface area contributed by atoms with Gasteiger partial charge in [-0.1, -0.05) is 109 Å². The van der Waals surface area contributed by atoms with Gasteiger partial charge in [0.25, 0.3) is 0 Å². The van der Waals surface area contributed by atoms with E-state index in [0.717, 1.165) is 22.3 Å². The second-order valence-electron chi connectivity index (χ2n) is 15.4. The molecule has 5 aromatic rings. The molecule has 4 aromatic carbocycles. The third-order valence-electron chi connectivity index (χ3n) is 10.3. The van der Waals surface area contributed by atoms with Crippen molar-refractivity contribution in [3.63, 3.8) is 0 Å². The summed E-state index contributed by atoms with van der Waals surface area (Å²) in [5.74, 6) is -1.55. The smallest absolute Gasteiger partial charge is 0.415 e. The third-order valence-corrected chi connectivity index (χ3v) is 10.3. The normalized spacial score (nSPS) is 15.3. The van der Waals surface area contributed by atoms with E-state index in [4.69, 9.17) is 14.5 Å². The van der Waals surface area contributed by atoms with E-state index in [1.54, 1.807) is 46.2 Å². The Morgan fingerprint density at radius 2 is 1.39 bits per heavy atom. The molecule has 1 aromatic heterocycles. The number of likely N-dealkylation sites (tertiary alicyclic amines) is 1. The average Bonchev–Trinajstić information content (AvgIpc) is 3.90. The van der Waals surface area contributed by atoms with Crippen molar-refractivity contribution in [1.82, 2.24) is 19.8 Å². The lowest BCUT2D eigenvalue weighted by Crippen LogP contribution is -2.57. The quantitative estimate of drug-likeness (QED) is 0.107. The van der Waals surface area contributed by atoms with E-state index < -0.39 is 53.1 Å². The first-order valence-corrected chi connectivity index (χ1v) is 19.3. The van der Waals surface area contributed by atoms with E-state index in [9.17, 15) is 19.2 Å². The molecular weight excluding hydrogens is 719 g/mol. The average molecular weight is 770 g/mol. The van der Waals surface area contributed by atoms with Crippen LogP contribution in [0, 0.1) is 6.92 Å². The van der Waals surface area contributed by atoms with E-state index >= 15 is 0 Å². The molecule has 296 valence electrons. The van der Waals surface area contributed by atoms with Crippen LogP contribution < -0.4 is 10.2 Å². The van der Waals surface area contributed by atoms with Crippen molar-refractivity contribution in [1.29, 1.82) is 0 Å². The number of hydrogen-bond donors (Lipinski definition) is 1. The molecule has 3 amide bonds. The number of carbonyl (C=O) groups excluding carboxylic acids is 4. The zero-order valence-electron chi connectivity index (χ0n) is 33.4. The number of esters is 1. The minimum absolute atomic E-state index is 0.000103. The minimum Gasteiger partial charge on any atom is -0.467 e. The summed E-state index contributed by atoms with van der Waals surface area (Å²) in [6.07, 6.45) is 4.00. The zero-order valence-corrected chi connectivity index (χ0v) is 33.4. The lowest BCUT2D eigenvalue weighted by Gasteiger charge is -2.37. The second kappa shape index (κ2) is 17.3. The predicted octanol–water partition coefficient (Wildman–Crippen LogP) is 7.05. The van der Waals surface area contributed by atoms with Gasteiger partial charge in [0.1, 0.15) is 29.3 Å². The minimum atomic E-state index is -1.15. The van der Waals surface area contributed by atoms with Gasteiger partial charge in [0.05, 0.1) is 19.1 Å². The van der Waals surface area contributed by atoms with Gasteiger partial charge in [-0.25, -0.2) is 14.6 Å². The number of rotatable bonds is 12. The molecule has 1 N–H and O–H groups in total. The van der Waals surface area contributed by atoms with Gasteiger partial charge in [0, 0.05) is 24.8 Å². The van der Waals surface area contributed by atoms with E-state index in [2.05, 4.69) is 41.7 Å². The van der Waals surface area contributed by atoms with Crippen LogP contribution in [-0.4, -0.2) is 75.7 Å². The summed E-state index contributed by atoms with van der Waals surface area (Å²) in [6.45, 7) is 9.11. The summed E-state index contributed by atoms with van der Waals surface area (Å²) >= 11 is 0. The third kappa shape index (κ3) is 8.77. The number of methoxy groups -OCH3 is 1. The molecule has 11 heteroatoms. The van der Waals surface area contributed by atoms with Crippen molar-refractivity contribution in [2.24, 2.45) is 0 Å². The number of aryl methyl sites for hydroxylation is 1. The van der Waals surface area contributed by atoms with E-state index in [-0.39, 0.29) is 6.42 Å². The van der Waals surface area contributed by atoms with Crippen LogP contribution in [0.2, 0.25) is 0 Å². The van der Waals surface area contributed by atoms with Crippen LogP contribution in [-0.2, 0) is 35.8 Å². The van der Waals surface area contributed by atoms with Crippen LogP contribution in [0.15, 0.2) is 128 Å². The van der Waals surface area contributed by atoms with Crippen LogP contribution in [0.3, 0.4) is 0 Å². The molecule has 0 radical (unpaired) electrons. The van der Waals surface area contributed by atoms with Gasteiger partial charge < -0.3 is 24.3 Å². The van der Waals surface area contributed by atoms with E-state index in [0.29, 0.717) is 30.8 Å². The summed E-state index contributed by atoms with van der Waals surface area (Å²) in [5, 5.41) is 2.96. The summed E-state index contributed by atoms with van der Waals surface area (Å²) in [6, 6.07) is 34.6. The Morgan fingerprint density at radius 3 is 1.89 bits per heavy atom. The Balaban J connectivity index is 1.40. The van der Waals surface area contributed by atoms with E-state index in [1.165, 1.54) is 16.9 Å². The lowest BCUT2D eigenvalue weighted by molar-refractivity contribution is -0.151. The summed E-state index contributed by atoms with van der Waals surface area (Å²) in [7, 11) is 1.30. The molecule has 1 saturated heterocycles. The summed E-state index contributed by atoms with van der Waals surface area (Å²) < 4.78 is 12.9. The molecular formula is C46H51N5O6. The molecule has 0 bridgehead atoms. The van der Waals surface area contributed by atoms with Crippen molar-refractivity contribution in [2.45, 2.75) is 83.1 Å². The number of ether oxygens (including phenoxy) is 2. The molecule has 6 rings (SSSR count). The van der Waals surface area contributed by atoms with E-state index in [1.807, 2.05) is 84.4 Å². The molecule has 1 fully saturated rings. The first-order chi connectivity index (χ1) is 27.3. The largest absolute Gasteiger partial charge is 0.467 e. The Bertz CT molecular complexity index is 2050. The van der Waals surface area contributed by atoms with Gasteiger partial charge in [-0.3, -0.25) is 14.5 Å².